The minimum absolute atomic E-state index is 0.0911. The van der Waals surface area contributed by atoms with Crippen molar-refractivity contribution < 1.29 is 32.3 Å². The summed E-state index contributed by atoms with van der Waals surface area (Å²) in [5.41, 5.74) is 5.04. The molecule has 13 heteroatoms. The molecule has 2 fully saturated rings. The summed E-state index contributed by atoms with van der Waals surface area (Å²) in [5, 5.41) is 12.9. The van der Waals surface area contributed by atoms with Gasteiger partial charge in [0.05, 0.1) is 11.7 Å². The fourth-order valence-electron chi connectivity index (χ4n) is 5.63. The van der Waals surface area contributed by atoms with Gasteiger partial charge in [-0.1, -0.05) is 52.8 Å². The van der Waals surface area contributed by atoms with Gasteiger partial charge in [-0.2, -0.15) is 23.4 Å². The number of amides is 4. The Bertz CT molecular complexity index is 1330. The molecule has 4 amide bonds. The van der Waals surface area contributed by atoms with Crippen LogP contribution in [0.2, 0.25) is 0 Å². The van der Waals surface area contributed by atoms with Gasteiger partial charge in [-0.25, -0.2) is 0 Å². The lowest BCUT2D eigenvalue weighted by Crippen LogP contribution is -2.61. The predicted molar refractivity (Wildman–Crippen MR) is 133 cm³/mol. The van der Waals surface area contributed by atoms with E-state index >= 15 is 0 Å². The van der Waals surface area contributed by atoms with Crippen molar-refractivity contribution in [3.63, 3.8) is 0 Å². The van der Waals surface area contributed by atoms with E-state index in [9.17, 15) is 32.3 Å². The van der Waals surface area contributed by atoms with Gasteiger partial charge < -0.3 is 21.3 Å². The van der Waals surface area contributed by atoms with Crippen molar-refractivity contribution in [2.75, 3.05) is 6.54 Å². The molecule has 39 heavy (non-hydrogen) atoms. The second kappa shape index (κ2) is 9.45. The van der Waals surface area contributed by atoms with Crippen LogP contribution in [0.15, 0.2) is 30.5 Å². The Kier molecular flexibility index (Phi) is 6.85. The zero-order valence-electron chi connectivity index (χ0n) is 22.2. The number of alkyl halides is 3. The molecule has 0 spiro atoms. The van der Waals surface area contributed by atoms with Crippen LogP contribution in [0.1, 0.15) is 46.2 Å². The van der Waals surface area contributed by atoms with Crippen molar-refractivity contribution in [2.24, 2.45) is 28.4 Å². The molecule has 2 aliphatic rings. The van der Waals surface area contributed by atoms with Crippen LogP contribution in [0.4, 0.5) is 13.2 Å². The first-order valence-corrected chi connectivity index (χ1v) is 12.4. The molecule has 1 aliphatic heterocycles. The average molecular weight is 549 g/mol. The first-order valence-electron chi connectivity index (χ1n) is 12.4. The van der Waals surface area contributed by atoms with Gasteiger partial charge in [-0.15, -0.1) is 0 Å². The number of nitrogens with two attached hydrogens (primary N) is 1. The van der Waals surface area contributed by atoms with Crippen LogP contribution in [0.5, 0.6) is 0 Å². The van der Waals surface area contributed by atoms with Crippen molar-refractivity contribution in [3.8, 4) is 0 Å². The lowest BCUT2D eigenvalue weighted by atomic mass is 9.85. The molecule has 1 aromatic heterocycles. The minimum Gasteiger partial charge on any atom is -0.368 e. The maximum atomic E-state index is 13.7. The summed E-state index contributed by atoms with van der Waals surface area (Å²) in [6, 6.07) is 2.89. The summed E-state index contributed by atoms with van der Waals surface area (Å²) >= 11 is 0. The molecule has 1 aliphatic carbocycles. The molecule has 10 nitrogen and oxygen atoms in total. The summed E-state index contributed by atoms with van der Waals surface area (Å²) in [6.45, 7) is 8.54. The van der Waals surface area contributed by atoms with Crippen LogP contribution in [-0.4, -0.2) is 63.5 Å². The maximum absolute atomic E-state index is 13.7. The molecule has 210 valence electrons. The Balaban J connectivity index is 1.66. The number of nitrogens with zero attached hydrogens (tertiary/aromatic N) is 3. The van der Waals surface area contributed by atoms with Gasteiger partial charge in [0.1, 0.15) is 18.1 Å². The van der Waals surface area contributed by atoms with Gasteiger partial charge >= 0.3 is 12.1 Å². The second-order valence-electron chi connectivity index (χ2n) is 11.8. The van der Waals surface area contributed by atoms with Crippen LogP contribution in [0, 0.1) is 22.7 Å². The Morgan fingerprint density at radius 1 is 1.10 bits per heavy atom. The van der Waals surface area contributed by atoms with Gasteiger partial charge in [0.15, 0.2) is 0 Å². The van der Waals surface area contributed by atoms with Crippen molar-refractivity contribution >= 4 is 34.5 Å². The average Bonchev–Trinajstić information content (AvgIpc) is 3.16. The smallest absolute Gasteiger partial charge is 0.368 e. The van der Waals surface area contributed by atoms with E-state index < -0.39 is 53.3 Å². The van der Waals surface area contributed by atoms with E-state index in [4.69, 9.17) is 5.73 Å². The molecule has 5 atom stereocenters. The largest absolute Gasteiger partial charge is 0.471 e. The fraction of sp³-hybridized carbons (Fsp3) is 0.538. The molecule has 4 rings (SSSR count). The monoisotopic (exact) mass is 548 g/mol. The highest BCUT2D eigenvalue weighted by Gasteiger charge is 2.70. The van der Waals surface area contributed by atoms with E-state index in [-0.39, 0.29) is 23.8 Å². The van der Waals surface area contributed by atoms with E-state index in [0.717, 1.165) is 0 Å². The summed E-state index contributed by atoms with van der Waals surface area (Å²) < 4.78 is 39.2. The fourth-order valence-corrected chi connectivity index (χ4v) is 5.63. The molecule has 5 unspecified atom stereocenters. The SMILES string of the molecule is CC(C)(C)C(NC(=O)C(F)(F)F)C(=O)N1CC2C(C1C(=O)NC(C(N)=O)c1cnnc3ccccc13)C2(C)C. The number of benzene rings is 1. The molecular formula is C26H31F3N6O4. The number of fused-ring (bicyclic) bond motifs is 2. The highest BCUT2D eigenvalue weighted by molar-refractivity contribution is 5.97. The van der Waals surface area contributed by atoms with E-state index in [2.05, 4.69) is 15.5 Å². The highest BCUT2D eigenvalue weighted by atomic mass is 19.4. The Labute approximate surface area is 222 Å². The quantitative estimate of drug-likeness (QED) is 0.502. The molecule has 1 saturated heterocycles. The van der Waals surface area contributed by atoms with Gasteiger partial charge in [-0.05, 0) is 28.7 Å². The van der Waals surface area contributed by atoms with E-state index in [1.54, 1.807) is 24.3 Å². The number of nitrogens with one attached hydrogen (secondary N) is 2. The normalized spacial score (nSPS) is 23.5. The highest BCUT2D eigenvalue weighted by Crippen LogP contribution is 2.65. The third kappa shape index (κ3) is 5.13. The number of aromatic nitrogens is 2. The second-order valence-corrected chi connectivity index (χ2v) is 11.8. The number of carbonyl (C=O) groups excluding carboxylic acids is 4. The van der Waals surface area contributed by atoms with Gasteiger partial charge in [0.25, 0.3) is 0 Å². The number of hydrogen-bond donors (Lipinski definition) is 3. The minimum atomic E-state index is -5.19. The van der Waals surface area contributed by atoms with Crippen molar-refractivity contribution in [1.82, 2.24) is 25.7 Å². The van der Waals surface area contributed by atoms with Crippen molar-refractivity contribution in [2.45, 2.75) is 58.9 Å². The number of hydrogen-bond acceptors (Lipinski definition) is 6. The van der Waals surface area contributed by atoms with Crippen LogP contribution >= 0.6 is 0 Å². The zero-order chi connectivity index (χ0) is 29.1. The number of carbonyl (C=O) groups is 4. The summed E-state index contributed by atoms with van der Waals surface area (Å²) in [7, 11) is 0. The van der Waals surface area contributed by atoms with Gasteiger partial charge in [-0.3, -0.25) is 19.2 Å². The van der Waals surface area contributed by atoms with Gasteiger partial charge in [0.2, 0.25) is 17.7 Å². The van der Waals surface area contributed by atoms with Crippen LogP contribution in [-0.2, 0) is 19.2 Å². The maximum Gasteiger partial charge on any atom is 0.471 e. The lowest BCUT2D eigenvalue weighted by molar-refractivity contribution is -0.176. The molecule has 4 N–H and O–H groups in total. The van der Waals surface area contributed by atoms with Crippen molar-refractivity contribution in [1.29, 1.82) is 0 Å². The van der Waals surface area contributed by atoms with E-state index in [0.29, 0.717) is 16.5 Å². The number of halogens is 3. The zero-order valence-corrected chi connectivity index (χ0v) is 22.2. The molecule has 0 bridgehead atoms. The Hall–Kier alpha value is -3.77. The van der Waals surface area contributed by atoms with Crippen LogP contribution in [0.25, 0.3) is 10.9 Å². The Morgan fingerprint density at radius 3 is 2.33 bits per heavy atom. The topological polar surface area (TPSA) is 147 Å². The molecule has 0 radical (unpaired) electrons. The molecule has 1 saturated carbocycles. The standard InChI is InChI=1S/C26H31F3N6O4/c1-24(2,3)19(33-23(39)26(27,28)29)22(38)35-11-14-16(25(14,4)5)18(35)21(37)32-17(20(30)36)13-10-31-34-15-9-7-6-8-12(13)15/h6-10,14,16-19H,11H2,1-5H3,(H2,30,36)(H,32,37)(H,33,39). The molecule has 2 heterocycles. The number of primary amides is 1. The van der Waals surface area contributed by atoms with E-state index in [1.807, 2.05) is 19.2 Å². The van der Waals surface area contributed by atoms with Crippen LogP contribution < -0.4 is 16.4 Å². The molecular weight excluding hydrogens is 517 g/mol. The first kappa shape index (κ1) is 28.2. The first-order chi connectivity index (χ1) is 18.0. The van der Waals surface area contributed by atoms with E-state index in [1.165, 1.54) is 31.9 Å². The van der Waals surface area contributed by atoms with Gasteiger partial charge in [0, 0.05) is 17.5 Å². The molecule has 1 aromatic carbocycles. The van der Waals surface area contributed by atoms with Crippen LogP contribution in [0.3, 0.4) is 0 Å². The number of piperidine rings is 1. The number of likely N-dealkylation sites (tertiary alicyclic amines) is 1. The Morgan fingerprint density at radius 2 is 1.74 bits per heavy atom. The third-order valence-corrected chi connectivity index (χ3v) is 7.87. The molecule has 2 aromatic rings. The lowest BCUT2D eigenvalue weighted by Gasteiger charge is -2.38. The van der Waals surface area contributed by atoms with Crippen molar-refractivity contribution in [3.05, 3.63) is 36.0 Å². The number of rotatable bonds is 6. The summed E-state index contributed by atoms with van der Waals surface area (Å²) in [5.74, 6) is -5.00. The third-order valence-electron chi connectivity index (χ3n) is 7.87. The summed E-state index contributed by atoms with van der Waals surface area (Å²) in [4.78, 5) is 52.9. The predicted octanol–water partition coefficient (Wildman–Crippen LogP) is 1.85. The summed E-state index contributed by atoms with van der Waals surface area (Å²) in [6.07, 6.45) is -3.87.